The molecule has 0 aromatic carbocycles. The number of rotatable bonds is 7. The van der Waals surface area contributed by atoms with E-state index in [9.17, 15) is 9.59 Å². The second-order valence-electron chi connectivity index (χ2n) is 7.97. The molecule has 1 N–H and O–H groups in total. The fourth-order valence-corrected chi connectivity index (χ4v) is 3.05. The van der Waals surface area contributed by atoms with E-state index in [-0.39, 0.29) is 12.0 Å². The molecule has 2 rings (SSSR count). The molecule has 26 heavy (non-hydrogen) atoms. The van der Waals surface area contributed by atoms with Crippen molar-refractivity contribution >= 4 is 12.0 Å². The molecule has 0 aliphatic carbocycles. The Labute approximate surface area is 156 Å². The Kier molecular flexibility index (Phi) is 7.48. The number of likely N-dealkylation sites (tertiary alicyclic amines) is 1. The molecule has 7 nitrogen and oxygen atoms in total. The molecule has 1 aromatic heterocycles. The lowest BCUT2D eigenvalue weighted by Gasteiger charge is -2.33. The van der Waals surface area contributed by atoms with Gasteiger partial charge in [-0.05, 0) is 52.4 Å². The zero-order valence-corrected chi connectivity index (χ0v) is 16.2. The Morgan fingerprint density at radius 3 is 2.58 bits per heavy atom. The number of carbonyl (C=O) groups is 2. The van der Waals surface area contributed by atoms with Gasteiger partial charge in [0.05, 0.1) is 6.33 Å². The molecule has 146 valence electrons. The van der Waals surface area contributed by atoms with Gasteiger partial charge in [-0.25, -0.2) is 9.78 Å². The number of aryl methyl sites for hydroxylation is 1. The molecule has 0 bridgehead atoms. The quantitative estimate of drug-likeness (QED) is 0.755. The van der Waals surface area contributed by atoms with Crippen LogP contribution in [0.5, 0.6) is 0 Å². The number of imidazole rings is 1. The van der Waals surface area contributed by atoms with Crippen LogP contribution in [0.4, 0.5) is 4.79 Å². The Bertz CT molecular complexity index is 558. The second-order valence-corrected chi connectivity index (χ2v) is 7.97. The Morgan fingerprint density at radius 1 is 1.23 bits per heavy atom. The molecular weight excluding hydrogens is 332 g/mol. The highest BCUT2D eigenvalue weighted by atomic mass is 16.6. The smallest absolute Gasteiger partial charge is 0.410 e. The van der Waals surface area contributed by atoms with Gasteiger partial charge >= 0.3 is 6.09 Å². The van der Waals surface area contributed by atoms with Crippen LogP contribution in [0.25, 0.3) is 0 Å². The van der Waals surface area contributed by atoms with Crippen molar-refractivity contribution < 1.29 is 14.3 Å². The van der Waals surface area contributed by atoms with Gasteiger partial charge in [-0.3, -0.25) is 4.79 Å². The van der Waals surface area contributed by atoms with Crippen molar-refractivity contribution in [3.05, 3.63) is 18.7 Å². The molecule has 1 aromatic rings. The van der Waals surface area contributed by atoms with Crippen molar-refractivity contribution in [3.63, 3.8) is 0 Å². The van der Waals surface area contributed by atoms with Gasteiger partial charge in [0.25, 0.3) is 0 Å². The van der Waals surface area contributed by atoms with Crippen molar-refractivity contribution in [1.29, 1.82) is 0 Å². The largest absolute Gasteiger partial charge is 0.444 e. The number of aromatic nitrogens is 2. The fraction of sp³-hybridized carbons (Fsp3) is 0.737. The maximum Gasteiger partial charge on any atom is 0.410 e. The minimum atomic E-state index is -0.467. The molecule has 0 saturated carbocycles. The van der Waals surface area contributed by atoms with E-state index in [1.807, 2.05) is 37.9 Å². The van der Waals surface area contributed by atoms with E-state index in [0.29, 0.717) is 32.0 Å². The van der Waals surface area contributed by atoms with Gasteiger partial charge in [0, 0.05) is 45.0 Å². The van der Waals surface area contributed by atoms with Crippen LogP contribution in [0.3, 0.4) is 0 Å². The number of nitrogens with zero attached hydrogens (tertiary/aromatic N) is 3. The first-order chi connectivity index (χ1) is 12.3. The summed E-state index contributed by atoms with van der Waals surface area (Å²) < 4.78 is 7.44. The van der Waals surface area contributed by atoms with E-state index in [1.54, 1.807) is 11.1 Å². The van der Waals surface area contributed by atoms with Crippen molar-refractivity contribution in [2.24, 2.45) is 5.92 Å². The van der Waals surface area contributed by atoms with Crippen LogP contribution in [0, 0.1) is 5.92 Å². The first kappa shape index (κ1) is 20.3. The molecule has 2 amide bonds. The summed E-state index contributed by atoms with van der Waals surface area (Å²) in [6.45, 7) is 8.59. The second kappa shape index (κ2) is 9.59. The highest BCUT2D eigenvalue weighted by Gasteiger charge is 2.27. The molecule has 0 spiro atoms. The van der Waals surface area contributed by atoms with Gasteiger partial charge in [-0.15, -0.1) is 0 Å². The third kappa shape index (κ3) is 7.45. The topological polar surface area (TPSA) is 76.5 Å². The fourth-order valence-electron chi connectivity index (χ4n) is 3.05. The van der Waals surface area contributed by atoms with E-state index in [4.69, 9.17) is 4.74 Å². The summed E-state index contributed by atoms with van der Waals surface area (Å²) in [6.07, 6.45) is 9.51. The Balaban J connectivity index is 1.55. The van der Waals surface area contributed by atoms with Crippen LogP contribution in [-0.2, 0) is 16.1 Å². The van der Waals surface area contributed by atoms with Crippen LogP contribution in [0.2, 0.25) is 0 Å². The lowest BCUT2D eigenvalue weighted by atomic mass is 9.93. The number of amides is 2. The van der Waals surface area contributed by atoms with Crippen LogP contribution < -0.4 is 5.32 Å². The van der Waals surface area contributed by atoms with Gasteiger partial charge in [0.1, 0.15) is 5.60 Å². The molecule has 2 heterocycles. The van der Waals surface area contributed by atoms with E-state index in [2.05, 4.69) is 10.3 Å². The average Bonchev–Trinajstić information content (AvgIpc) is 3.07. The van der Waals surface area contributed by atoms with E-state index in [1.165, 1.54) is 0 Å². The Morgan fingerprint density at radius 2 is 1.96 bits per heavy atom. The van der Waals surface area contributed by atoms with Crippen molar-refractivity contribution in [2.45, 2.75) is 65.0 Å². The van der Waals surface area contributed by atoms with E-state index >= 15 is 0 Å². The van der Waals surface area contributed by atoms with Gasteiger partial charge in [-0.2, -0.15) is 0 Å². The lowest BCUT2D eigenvalue weighted by Crippen LogP contribution is -2.42. The monoisotopic (exact) mass is 364 g/mol. The number of hydrogen-bond donors (Lipinski definition) is 1. The summed E-state index contributed by atoms with van der Waals surface area (Å²) in [5.74, 6) is 0.461. The van der Waals surface area contributed by atoms with Crippen LogP contribution in [0.15, 0.2) is 18.7 Å². The van der Waals surface area contributed by atoms with Crippen LogP contribution in [-0.4, -0.2) is 51.7 Å². The number of piperidine rings is 1. The summed E-state index contributed by atoms with van der Waals surface area (Å²) in [5.41, 5.74) is -0.467. The molecular formula is C19H32N4O3. The number of hydrogen-bond acceptors (Lipinski definition) is 4. The first-order valence-electron chi connectivity index (χ1n) is 9.54. The Hall–Kier alpha value is -2.05. The van der Waals surface area contributed by atoms with Crippen molar-refractivity contribution in [3.8, 4) is 0 Å². The average molecular weight is 364 g/mol. The maximum atomic E-state index is 12.1. The van der Waals surface area contributed by atoms with Gasteiger partial charge in [-0.1, -0.05) is 0 Å². The molecule has 1 aliphatic rings. The van der Waals surface area contributed by atoms with E-state index < -0.39 is 5.60 Å². The zero-order valence-electron chi connectivity index (χ0n) is 16.2. The summed E-state index contributed by atoms with van der Waals surface area (Å²) in [6, 6.07) is 0. The molecule has 0 unspecified atom stereocenters. The molecule has 0 atom stereocenters. The normalized spacial score (nSPS) is 15.7. The number of nitrogens with one attached hydrogen (secondary N) is 1. The summed E-state index contributed by atoms with van der Waals surface area (Å²) in [4.78, 5) is 29.9. The summed E-state index contributed by atoms with van der Waals surface area (Å²) in [7, 11) is 0. The third-order valence-corrected chi connectivity index (χ3v) is 4.46. The summed E-state index contributed by atoms with van der Waals surface area (Å²) >= 11 is 0. The molecule has 0 radical (unpaired) electrons. The highest BCUT2D eigenvalue weighted by Crippen LogP contribution is 2.22. The summed E-state index contributed by atoms with van der Waals surface area (Å²) in [5, 5.41) is 3.01. The molecule has 1 aliphatic heterocycles. The minimum Gasteiger partial charge on any atom is -0.444 e. The SMILES string of the molecule is CC(C)(C)OC(=O)N1CCC(CC(=O)NCCCCn2ccnc2)CC1. The lowest BCUT2D eigenvalue weighted by molar-refractivity contribution is -0.122. The van der Waals surface area contributed by atoms with Crippen LogP contribution in [0.1, 0.15) is 52.9 Å². The molecule has 7 heteroatoms. The van der Waals surface area contributed by atoms with Gasteiger partial charge < -0.3 is 19.5 Å². The zero-order chi connectivity index (χ0) is 19.0. The predicted molar refractivity (Wildman–Crippen MR) is 99.6 cm³/mol. The van der Waals surface area contributed by atoms with Gasteiger partial charge in [0.15, 0.2) is 0 Å². The predicted octanol–water partition coefficient (Wildman–Crippen LogP) is 2.82. The number of unbranched alkanes of at least 4 members (excludes halogenated alkanes) is 1. The highest BCUT2D eigenvalue weighted by molar-refractivity contribution is 5.76. The standard InChI is InChI=1S/C19H32N4O3/c1-19(2,3)26-18(25)23-11-6-16(7-12-23)14-17(24)21-8-4-5-10-22-13-9-20-15-22/h9,13,15-16H,4-8,10-12,14H2,1-3H3,(H,21,24). The van der Waals surface area contributed by atoms with Crippen molar-refractivity contribution in [1.82, 2.24) is 19.8 Å². The van der Waals surface area contributed by atoms with Crippen molar-refractivity contribution in [2.75, 3.05) is 19.6 Å². The first-order valence-corrected chi connectivity index (χ1v) is 9.54. The van der Waals surface area contributed by atoms with E-state index in [0.717, 1.165) is 32.2 Å². The van der Waals surface area contributed by atoms with Crippen LogP contribution >= 0.6 is 0 Å². The minimum absolute atomic E-state index is 0.114. The molecule has 1 fully saturated rings. The third-order valence-electron chi connectivity index (χ3n) is 4.46. The molecule has 1 saturated heterocycles. The maximum absolute atomic E-state index is 12.1. The number of carbonyl (C=O) groups excluding carboxylic acids is 2. The number of ether oxygens (including phenoxy) is 1. The van der Waals surface area contributed by atoms with Gasteiger partial charge in [0.2, 0.25) is 5.91 Å².